The molecule has 0 saturated carbocycles. The van der Waals surface area contributed by atoms with Crippen LogP contribution in [0.15, 0.2) is 103 Å². The highest BCUT2D eigenvalue weighted by Crippen LogP contribution is 2.32. The zero-order valence-corrected chi connectivity index (χ0v) is 14.3. The number of nitrogens with one attached hydrogen (secondary N) is 1. The first-order valence-corrected chi connectivity index (χ1v) is 8.81. The van der Waals surface area contributed by atoms with Gasteiger partial charge in [0.25, 0.3) is 0 Å². The van der Waals surface area contributed by atoms with E-state index in [1.165, 1.54) is 27.5 Å². The lowest BCUT2D eigenvalue weighted by molar-refractivity contribution is 1.18. The first kappa shape index (κ1) is 14.8. The number of aromatic nitrogens is 1. The van der Waals surface area contributed by atoms with Crippen LogP contribution in [0.3, 0.4) is 0 Å². The highest BCUT2D eigenvalue weighted by atomic mass is 15.0. The predicted octanol–water partition coefficient (Wildman–Crippen LogP) is 6.53. The summed E-state index contributed by atoms with van der Waals surface area (Å²) < 4.78 is 2.33. The first-order valence-electron chi connectivity index (χ1n) is 8.81. The van der Waals surface area contributed by atoms with Gasteiger partial charge in [0.2, 0.25) is 0 Å². The van der Waals surface area contributed by atoms with E-state index in [1.54, 1.807) is 0 Å². The van der Waals surface area contributed by atoms with Gasteiger partial charge in [0.15, 0.2) is 0 Å². The molecule has 0 radical (unpaired) electrons. The van der Waals surface area contributed by atoms with Gasteiger partial charge in [-0.2, -0.15) is 0 Å². The summed E-state index contributed by atoms with van der Waals surface area (Å²) in [5.74, 6) is 0. The Morgan fingerprint density at radius 2 is 0.962 bits per heavy atom. The first-order chi connectivity index (χ1) is 12.9. The fourth-order valence-electron chi connectivity index (χ4n) is 3.58. The number of rotatable bonds is 3. The van der Waals surface area contributed by atoms with Crippen molar-refractivity contribution in [2.45, 2.75) is 0 Å². The molecule has 0 spiro atoms. The summed E-state index contributed by atoms with van der Waals surface area (Å²) in [6, 6.07) is 36.0. The third-order valence-corrected chi connectivity index (χ3v) is 4.77. The zero-order valence-electron chi connectivity index (χ0n) is 14.3. The topological polar surface area (TPSA) is 17.0 Å². The second-order valence-electron chi connectivity index (χ2n) is 6.41. The molecule has 0 saturated heterocycles. The maximum Gasteiger partial charge on any atom is 0.0541 e. The summed E-state index contributed by atoms with van der Waals surface area (Å²) in [7, 11) is 0. The van der Waals surface area contributed by atoms with Gasteiger partial charge in [0.05, 0.1) is 11.0 Å². The van der Waals surface area contributed by atoms with Gasteiger partial charge in [0, 0.05) is 27.8 Å². The number of hydrogen-bond acceptors (Lipinski definition) is 1. The van der Waals surface area contributed by atoms with E-state index in [-0.39, 0.29) is 0 Å². The van der Waals surface area contributed by atoms with Gasteiger partial charge in [-0.05, 0) is 48.5 Å². The Morgan fingerprint density at radius 1 is 0.462 bits per heavy atom. The molecular formula is C24H18N2. The van der Waals surface area contributed by atoms with Crippen LogP contribution in [0.25, 0.3) is 27.5 Å². The Hall–Kier alpha value is -3.52. The van der Waals surface area contributed by atoms with Crippen LogP contribution >= 0.6 is 0 Å². The standard InChI is InChI=1S/C24H18N2/c1-2-8-18(9-3-1)25-19-14-16-20(17-15-19)26-23-12-6-4-10-21(23)22-11-5-7-13-24(22)26/h1-17,25H. The number of nitrogens with zero attached hydrogens (tertiary/aromatic N) is 1. The molecular weight excluding hydrogens is 316 g/mol. The molecule has 124 valence electrons. The highest BCUT2D eigenvalue weighted by Gasteiger charge is 2.10. The van der Waals surface area contributed by atoms with Crippen LogP contribution in [0.2, 0.25) is 0 Å². The number of hydrogen-bond donors (Lipinski definition) is 1. The van der Waals surface area contributed by atoms with E-state index in [9.17, 15) is 0 Å². The maximum absolute atomic E-state index is 3.44. The van der Waals surface area contributed by atoms with E-state index < -0.39 is 0 Å². The van der Waals surface area contributed by atoms with Gasteiger partial charge in [-0.3, -0.25) is 0 Å². The van der Waals surface area contributed by atoms with Crippen LogP contribution in [-0.4, -0.2) is 4.57 Å². The molecule has 5 rings (SSSR count). The molecule has 4 aromatic carbocycles. The molecule has 2 nitrogen and oxygen atoms in total. The van der Waals surface area contributed by atoms with Crippen molar-refractivity contribution in [2.75, 3.05) is 5.32 Å². The zero-order chi connectivity index (χ0) is 17.3. The normalized spacial score (nSPS) is 11.1. The van der Waals surface area contributed by atoms with Crippen molar-refractivity contribution in [3.63, 3.8) is 0 Å². The van der Waals surface area contributed by atoms with Crippen molar-refractivity contribution in [1.82, 2.24) is 4.57 Å². The molecule has 0 unspecified atom stereocenters. The Kier molecular flexibility index (Phi) is 3.46. The van der Waals surface area contributed by atoms with E-state index in [0.717, 1.165) is 11.4 Å². The smallest absolute Gasteiger partial charge is 0.0541 e. The van der Waals surface area contributed by atoms with Crippen LogP contribution in [0, 0.1) is 0 Å². The lowest BCUT2D eigenvalue weighted by atomic mass is 10.2. The average Bonchev–Trinajstić information content (AvgIpc) is 3.04. The summed E-state index contributed by atoms with van der Waals surface area (Å²) in [5.41, 5.74) is 5.81. The summed E-state index contributed by atoms with van der Waals surface area (Å²) in [5, 5.41) is 6.01. The number of benzene rings is 4. The molecule has 0 bridgehead atoms. The van der Waals surface area contributed by atoms with Gasteiger partial charge in [-0.25, -0.2) is 0 Å². The summed E-state index contributed by atoms with van der Waals surface area (Å²) in [6.07, 6.45) is 0. The van der Waals surface area contributed by atoms with Gasteiger partial charge in [-0.1, -0.05) is 54.6 Å². The fraction of sp³-hybridized carbons (Fsp3) is 0. The lowest BCUT2D eigenvalue weighted by Crippen LogP contribution is -1.95. The summed E-state index contributed by atoms with van der Waals surface area (Å²) in [4.78, 5) is 0. The molecule has 0 aliphatic carbocycles. The van der Waals surface area contributed by atoms with E-state index in [2.05, 4.69) is 94.8 Å². The quantitative estimate of drug-likeness (QED) is 0.397. The molecule has 5 aromatic rings. The minimum atomic E-state index is 1.08. The molecule has 0 amide bonds. The van der Waals surface area contributed by atoms with Crippen molar-refractivity contribution in [2.24, 2.45) is 0 Å². The number of para-hydroxylation sites is 3. The molecule has 1 N–H and O–H groups in total. The van der Waals surface area contributed by atoms with Crippen LogP contribution in [0.5, 0.6) is 0 Å². The third-order valence-electron chi connectivity index (χ3n) is 4.77. The second-order valence-corrected chi connectivity index (χ2v) is 6.41. The van der Waals surface area contributed by atoms with E-state index in [1.807, 2.05) is 18.2 Å². The van der Waals surface area contributed by atoms with Gasteiger partial charge < -0.3 is 9.88 Å². The second kappa shape index (κ2) is 6.08. The van der Waals surface area contributed by atoms with Crippen LogP contribution in [-0.2, 0) is 0 Å². The Labute approximate surface area is 152 Å². The Balaban J connectivity index is 1.61. The average molecular weight is 334 g/mol. The molecule has 1 heterocycles. The minimum Gasteiger partial charge on any atom is -0.356 e. The minimum absolute atomic E-state index is 1.08. The van der Waals surface area contributed by atoms with Crippen molar-refractivity contribution in [3.8, 4) is 5.69 Å². The number of anilines is 2. The maximum atomic E-state index is 3.44. The van der Waals surface area contributed by atoms with Gasteiger partial charge >= 0.3 is 0 Å². The molecule has 0 fully saturated rings. The highest BCUT2D eigenvalue weighted by molar-refractivity contribution is 6.09. The van der Waals surface area contributed by atoms with E-state index in [4.69, 9.17) is 0 Å². The van der Waals surface area contributed by atoms with Crippen LogP contribution < -0.4 is 5.32 Å². The largest absolute Gasteiger partial charge is 0.356 e. The van der Waals surface area contributed by atoms with Crippen molar-refractivity contribution in [1.29, 1.82) is 0 Å². The third kappa shape index (κ3) is 2.44. The molecule has 0 aliphatic rings. The van der Waals surface area contributed by atoms with E-state index >= 15 is 0 Å². The monoisotopic (exact) mass is 334 g/mol. The van der Waals surface area contributed by atoms with E-state index in [0.29, 0.717) is 0 Å². The van der Waals surface area contributed by atoms with Crippen molar-refractivity contribution >= 4 is 33.2 Å². The lowest BCUT2D eigenvalue weighted by Gasteiger charge is -2.10. The molecule has 26 heavy (non-hydrogen) atoms. The predicted molar refractivity (Wildman–Crippen MR) is 111 cm³/mol. The molecule has 2 heteroatoms. The van der Waals surface area contributed by atoms with Crippen LogP contribution in [0.4, 0.5) is 11.4 Å². The molecule has 0 atom stereocenters. The van der Waals surface area contributed by atoms with Crippen molar-refractivity contribution in [3.05, 3.63) is 103 Å². The molecule has 1 aromatic heterocycles. The van der Waals surface area contributed by atoms with Gasteiger partial charge in [-0.15, -0.1) is 0 Å². The summed E-state index contributed by atoms with van der Waals surface area (Å²) >= 11 is 0. The molecule has 0 aliphatic heterocycles. The van der Waals surface area contributed by atoms with Crippen LogP contribution in [0.1, 0.15) is 0 Å². The fourth-order valence-corrected chi connectivity index (χ4v) is 3.58. The summed E-state index contributed by atoms with van der Waals surface area (Å²) in [6.45, 7) is 0. The van der Waals surface area contributed by atoms with Crippen molar-refractivity contribution < 1.29 is 0 Å². The number of fused-ring (bicyclic) bond motifs is 3. The Morgan fingerprint density at radius 3 is 1.58 bits per heavy atom. The SMILES string of the molecule is c1ccc(Nc2ccc(-n3c4ccccc4c4ccccc43)cc2)cc1. The Bertz CT molecular complexity index is 1130. The van der Waals surface area contributed by atoms with Gasteiger partial charge in [0.1, 0.15) is 0 Å².